The number of benzene rings is 2. The van der Waals surface area contributed by atoms with Gasteiger partial charge in [0.1, 0.15) is 0 Å². The molecule has 0 aliphatic heterocycles. The minimum atomic E-state index is -0.235. The quantitative estimate of drug-likeness (QED) is 0.451. The molecule has 7 heteroatoms. The molecule has 1 amide bonds. The Bertz CT molecular complexity index is 1400. The van der Waals surface area contributed by atoms with Crippen molar-refractivity contribution >= 4 is 22.8 Å². The maximum atomic E-state index is 13.2. The van der Waals surface area contributed by atoms with Gasteiger partial charge >= 0.3 is 0 Å². The van der Waals surface area contributed by atoms with Crippen LogP contribution in [0.2, 0.25) is 0 Å². The molecule has 0 aliphatic rings. The van der Waals surface area contributed by atoms with Crippen LogP contribution >= 0.6 is 0 Å². The number of para-hydroxylation sites is 1. The number of hydrogen-bond acceptors (Lipinski definition) is 4. The van der Waals surface area contributed by atoms with Crippen LogP contribution in [0, 0.1) is 13.8 Å². The summed E-state index contributed by atoms with van der Waals surface area (Å²) in [5.74, 6) is 0.267. The first-order valence-corrected chi connectivity index (χ1v) is 10.4. The highest BCUT2D eigenvalue weighted by Crippen LogP contribution is 2.25. The van der Waals surface area contributed by atoms with Crippen LogP contribution in [0.3, 0.4) is 0 Å². The number of aromatic nitrogens is 5. The predicted octanol–water partition coefficient (Wildman–Crippen LogP) is 4.53. The van der Waals surface area contributed by atoms with Gasteiger partial charge in [-0.3, -0.25) is 9.48 Å². The molecule has 0 atom stereocenters. The normalized spacial score (nSPS) is 11.1. The van der Waals surface area contributed by atoms with Crippen LogP contribution < -0.4 is 5.32 Å². The van der Waals surface area contributed by atoms with Gasteiger partial charge in [-0.2, -0.15) is 10.2 Å². The van der Waals surface area contributed by atoms with E-state index in [1.54, 1.807) is 21.5 Å². The van der Waals surface area contributed by atoms with E-state index in [-0.39, 0.29) is 5.91 Å². The SMILES string of the molecule is Cc1cc(C(=O)Nc2ccn(Cc3ccccc3)n2)c2c(C)nn(-c3ccccc3)c2n1. The Morgan fingerprint density at radius 3 is 2.41 bits per heavy atom. The minimum Gasteiger partial charge on any atom is -0.305 e. The summed E-state index contributed by atoms with van der Waals surface area (Å²) in [6.45, 7) is 4.41. The Labute approximate surface area is 185 Å². The molecule has 1 N–H and O–H groups in total. The number of carbonyl (C=O) groups is 1. The van der Waals surface area contributed by atoms with Crippen LogP contribution in [-0.2, 0) is 6.54 Å². The van der Waals surface area contributed by atoms with Gasteiger partial charge in [0.25, 0.3) is 5.91 Å². The molecule has 0 unspecified atom stereocenters. The summed E-state index contributed by atoms with van der Waals surface area (Å²) in [7, 11) is 0. The van der Waals surface area contributed by atoms with Crippen LogP contribution in [0.25, 0.3) is 16.7 Å². The van der Waals surface area contributed by atoms with Gasteiger partial charge in [0.2, 0.25) is 0 Å². The summed E-state index contributed by atoms with van der Waals surface area (Å²) in [5, 5.41) is 12.8. The van der Waals surface area contributed by atoms with Crippen LogP contribution in [0.1, 0.15) is 27.3 Å². The number of carbonyl (C=O) groups excluding carboxylic acids is 1. The zero-order valence-corrected chi connectivity index (χ0v) is 17.9. The van der Waals surface area contributed by atoms with E-state index in [4.69, 9.17) is 0 Å². The molecule has 7 nitrogen and oxygen atoms in total. The van der Waals surface area contributed by atoms with Crippen LogP contribution in [0.4, 0.5) is 5.82 Å². The van der Waals surface area contributed by atoms with Gasteiger partial charge in [0.15, 0.2) is 11.5 Å². The fourth-order valence-electron chi connectivity index (χ4n) is 3.81. The molecule has 32 heavy (non-hydrogen) atoms. The second-order valence-electron chi connectivity index (χ2n) is 7.68. The summed E-state index contributed by atoms with van der Waals surface area (Å²) in [5.41, 5.74) is 4.72. The minimum absolute atomic E-state index is 0.235. The standard InChI is InChI=1S/C25H22N6O/c1-17-15-21(23-18(2)28-31(24(23)26-17)20-11-7-4-8-12-20)25(32)27-22-13-14-30(29-22)16-19-9-5-3-6-10-19/h3-15H,16H2,1-2H3,(H,27,29,32). The third kappa shape index (κ3) is 3.76. The van der Waals surface area contributed by atoms with Gasteiger partial charge in [-0.15, -0.1) is 0 Å². The first-order valence-electron chi connectivity index (χ1n) is 10.4. The van der Waals surface area contributed by atoms with Crippen LogP contribution in [-0.4, -0.2) is 30.5 Å². The second kappa shape index (κ2) is 8.11. The molecule has 2 aromatic carbocycles. The maximum Gasteiger partial charge on any atom is 0.257 e. The molecule has 3 aromatic heterocycles. The lowest BCUT2D eigenvalue weighted by atomic mass is 10.1. The third-order valence-corrected chi connectivity index (χ3v) is 5.26. The molecule has 0 aliphatic carbocycles. The molecular formula is C25H22N6O. The molecule has 0 spiro atoms. The topological polar surface area (TPSA) is 77.6 Å². The average molecular weight is 422 g/mol. The fourth-order valence-corrected chi connectivity index (χ4v) is 3.81. The number of fused-ring (bicyclic) bond motifs is 1. The first-order chi connectivity index (χ1) is 15.6. The van der Waals surface area contributed by atoms with Gasteiger partial charge in [-0.1, -0.05) is 48.5 Å². The molecule has 5 aromatic rings. The number of aryl methyl sites for hydroxylation is 2. The molecule has 0 bridgehead atoms. The van der Waals surface area contributed by atoms with Gasteiger partial charge < -0.3 is 5.32 Å². The number of nitrogens with one attached hydrogen (secondary N) is 1. The van der Waals surface area contributed by atoms with Crippen LogP contribution in [0.5, 0.6) is 0 Å². The smallest absolute Gasteiger partial charge is 0.257 e. The second-order valence-corrected chi connectivity index (χ2v) is 7.68. The van der Waals surface area contributed by atoms with Crippen molar-refractivity contribution in [3.63, 3.8) is 0 Å². The molecule has 158 valence electrons. The molecule has 0 saturated carbocycles. The number of rotatable bonds is 5. The number of pyridine rings is 1. The summed E-state index contributed by atoms with van der Waals surface area (Å²) in [6, 6.07) is 23.5. The largest absolute Gasteiger partial charge is 0.305 e. The highest BCUT2D eigenvalue weighted by molar-refractivity contribution is 6.12. The van der Waals surface area contributed by atoms with Gasteiger partial charge in [-0.05, 0) is 37.6 Å². The Hall–Kier alpha value is -4.26. The van der Waals surface area contributed by atoms with E-state index >= 15 is 0 Å². The van der Waals surface area contributed by atoms with E-state index in [2.05, 4.69) is 20.5 Å². The lowest BCUT2D eigenvalue weighted by Gasteiger charge is -2.07. The zero-order valence-electron chi connectivity index (χ0n) is 17.9. The first kappa shape index (κ1) is 19.7. The lowest BCUT2D eigenvalue weighted by molar-refractivity contribution is 0.102. The number of hydrogen-bond donors (Lipinski definition) is 1. The van der Waals surface area contributed by atoms with Crippen molar-refractivity contribution in [2.45, 2.75) is 20.4 Å². The highest BCUT2D eigenvalue weighted by atomic mass is 16.1. The number of amides is 1. The lowest BCUT2D eigenvalue weighted by Crippen LogP contribution is -2.14. The molecule has 0 radical (unpaired) electrons. The third-order valence-electron chi connectivity index (χ3n) is 5.26. The van der Waals surface area contributed by atoms with Crippen molar-refractivity contribution < 1.29 is 4.79 Å². The van der Waals surface area contributed by atoms with Crippen molar-refractivity contribution in [3.05, 3.63) is 102 Å². The Morgan fingerprint density at radius 2 is 1.66 bits per heavy atom. The molecule has 5 rings (SSSR count). The predicted molar refractivity (Wildman–Crippen MR) is 124 cm³/mol. The summed E-state index contributed by atoms with van der Waals surface area (Å²) < 4.78 is 3.58. The van der Waals surface area contributed by atoms with Crippen LogP contribution in [0.15, 0.2) is 79.0 Å². The van der Waals surface area contributed by atoms with Crippen molar-refractivity contribution in [2.24, 2.45) is 0 Å². The van der Waals surface area contributed by atoms with Gasteiger partial charge in [-0.25, -0.2) is 9.67 Å². The molecule has 0 fully saturated rings. The van der Waals surface area contributed by atoms with Crippen molar-refractivity contribution in [1.82, 2.24) is 24.5 Å². The van der Waals surface area contributed by atoms with E-state index in [0.29, 0.717) is 23.6 Å². The Morgan fingerprint density at radius 1 is 0.938 bits per heavy atom. The maximum absolute atomic E-state index is 13.2. The van der Waals surface area contributed by atoms with Gasteiger partial charge in [0, 0.05) is 18.0 Å². The van der Waals surface area contributed by atoms with E-state index in [1.807, 2.05) is 80.7 Å². The van der Waals surface area contributed by atoms with E-state index in [9.17, 15) is 4.79 Å². The Kier molecular flexibility index (Phi) is 4.99. The number of nitrogens with zero attached hydrogens (tertiary/aromatic N) is 5. The summed E-state index contributed by atoms with van der Waals surface area (Å²) in [6.07, 6.45) is 1.86. The van der Waals surface area contributed by atoms with E-state index < -0.39 is 0 Å². The highest BCUT2D eigenvalue weighted by Gasteiger charge is 2.20. The van der Waals surface area contributed by atoms with Crippen molar-refractivity contribution in [2.75, 3.05) is 5.32 Å². The summed E-state index contributed by atoms with van der Waals surface area (Å²) in [4.78, 5) is 17.9. The van der Waals surface area contributed by atoms with Crippen molar-refractivity contribution in [1.29, 1.82) is 0 Å². The fraction of sp³-hybridized carbons (Fsp3) is 0.120. The molecule has 3 heterocycles. The Balaban J connectivity index is 1.46. The van der Waals surface area contributed by atoms with E-state index in [0.717, 1.165) is 28.0 Å². The summed E-state index contributed by atoms with van der Waals surface area (Å²) >= 11 is 0. The molecular weight excluding hydrogens is 400 g/mol. The molecule has 0 saturated heterocycles. The zero-order chi connectivity index (χ0) is 22.1. The van der Waals surface area contributed by atoms with Crippen molar-refractivity contribution in [3.8, 4) is 5.69 Å². The monoisotopic (exact) mass is 422 g/mol. The van der Waals surface area contributed by atoms with Gasteiger partial charge in [0.05, 0.1) is 28.9 Å². The number of anilines is 1. The average Bonchev–Trinajstić information content (AvgIpc) is 3.38. The van der Waals surface area contributed by atoms with E-state index in [1.165, 1.54) is 0 Å².